The van der Waals surface area contributed by atoms with E-state index in [0.29, 0.717) is 18.9 Å². The third-order valence-corrected chi connectivity index (χ3v) is 5.25. The minimum absolute atomic E-state index is 0.0964. The Morgan fingerprint density at radius 2 is 2.04 bits per heavy atom. The van der Waals surface area contributed by atoms with Gasteiger partial charge in [-0.1, -0.05) is 29.4 Å². The Kier molecular flexibility index (Phi) is 5.64. The Hall–Kier alpha value is -1.44. The van der Waals surface area contributed by atoms with Gasteiger partial charge < -0.3 is 9.47 Å². The molecule has 1 atom stereocenters. The maximum Gasteiger partial charge on any atom is 0.425 e. The van der Waals surface area contributed by atoms with Crippen molar-refractivity contribution in [2.75, 3.05) is 45.3 Å². The van der Waals surface area contributed by atoms with E-state index in [1.54, 1.807) is 0 Å². The molecule has 0 aromatic heterocycles. The van der Waals surface area contributed by atoms with Crippen LogP contribution in [0.5, 0.6) is 5.75 Å². The maximum atomic E-state index is 11.7. The van der Waals surface area contributed by atoms with Crippen LogP contribution in [-0.4, -0.2) is 66.1 Å². The Morgan fingerprint density at radius 1 is 1.30 bits per heavy atom. The summed E-state index contributed by atoms with van der Waals surface area (Å²) in [5.74, 6) is 1.22. The number of morpholine rings is 1. The zero-order valence-electron chi connectivity index (χ0n) is 13.1. The van der Waals surface area contributed by atoms with Crippen LogP contribution >= 0.6 is 11.8 Å². The normalized spacial score (nSPS) is 22.5. The van der Waals surface area contributed by atoms with Crippen LogP contribution in [0.1, 0.15) is 5.56 Å². The number of benzene rings is 1. The van der Waals surface area contributed by atoms with Crippen molar-refractivity contribution in [3.8, 4) is 5.75 Å². The number of carbonyl (C=O) groups is 1. The third-order valence-electron chi connectivity index (χ3n) is 4.07. The smallest absolute Gasteiger partial charge is 0.425 e. The summed E-state index contributed by atoms with van der Waals surface area (Å²) in [5, 5.41) is -0.124. The highest BCUT2D eigenvalue weighted by atomic mass is 32.2. The van der Waals surface area contributed by atoms with Crippen molar-refractivity contribution in [1.82, 2.24) is 4.90 Å². The highest BCUT2D eigenvalue weighted by molar-refractivity contribution is 8.00. The van der Waals surface area contributed by atoms with Crippen LogP contribution in [0.2, 0.25) is 0 Å². The summed E-state index contributed by atoms with van der Waals surface area (Å²) in [6, 6.07) is 7.92. The van der Waals surface area contributed by atoms with E-state index < -0.39 is 0 Å². The molecule has 0 saturated carbocycles. The largest absolute Gasteiger partial charge is 0.492 e. The number of hydrogen-bond acceptors (Lipinski definition) is 6. The van der Waals surface area contributed by atoms with E-state index in [4.69, 9.17) is 15.0 Å². The lowest BCUT2D eigenvalue weighted by Crippen LogP contribution is -2.38. The van der Waals surface area contributed by atoms with Crippen molar-refractivity contribution in [3.63, 3.8) is 0 Å². The molecule has 2 aliphatic rings. The highest BCUT2D eigenvalue weighted by Gasteiger charge is 2.38. The maximum absolute atomic E-state index is 11.7. The summed E-state index contributed by atoms with van der Waals surface area (Å²) in [6.45, 7) is 5.15. The molecule has 0 radical (unpaired) electrons. The van der Waals surface area contributed by atoms with Crippen molar-refractivity contribution >= 4 is 17.7 Å². The van der Waals surface area contributed by atoms with Gasteiger partial charge in [0.2, 0.25) is 5.88 Å². The fourth-order valence-corrected chi connectivity index (χ4v) is 3.71. The molecule has 2 fully saturated rings. The van der Waals surface area contributed by atoms with E-state index in [9.17, 15) is 4.79 Å². The van der Waals surface area contributed by atoms with E-state index in [0.717, 1.165) is 48.9 Å². The zero-order valence-corrected chi connectivity index (χ0v) is 13.9. The van der Waals surface area contributed by atoms with Crippen molar-refractivity contribution < 1.29 is 19.0 Å². The minimum atomic E-state index is -0.124. The lowest BCUT2D eigenvalue weighted by molar-refractivity contribution is -0.511. The summed E-state index contributed by atoms with van der Waals surface area (Å²) in [5.41, 5.74) is 8.56. The van der Waals surface area contributed by atoms with Gasteiger partial charge in [0.1, 0.15) is 17.6 Å². The predicted octanol–water partition coefficient (Wildman–Crippen LogP) is 1.58. The molecule has 2 heterocycles. The number of carbonyl (C=O) groups excluding carboxylic acids is 1. The van der Waals surface area contributed by atoms with Gasteiger partial charge in [0.15, 0.2) is 0 Å². The summed E-state index contributed by atoms with van der Waals surface area (Å²) in [6.07, 6.45) is 0.674. The molecule has 6 nitrogen and oxygen atoms in total. The quantitative estimate of drug-likeness (QED) is 0.799. The molecule has 0 aliphatic carbocycles. The Bertz CT molecular complexity index is 558. The summed E-state index contributed by atoms with van der Waals surface area (Å²) >= 11 is 1.53. The fourth-order valence-electron chi connectivity index (χ4n) is 2.67. The molecular formula is C16H22N3O3S+. The van der Waals surface area contributed by atoms with Crippen LogP contribution in [0.4, 0.5) is 0 Å². The Labute approximate surface area is 140 Å². The number of nitrogens with zero attached hydrogens (tertiary/aromatic N) is 2. The van der Waals surface area contributed by atoms with Gasteiger partial charge in [-0.2, -0.15) is 0 Å². The van der Waals surface area contributed by atoms with Crippen LogP contribution in [0.25, 0.3) is 0 Å². The van der Waals surface area contributed by atoms with Crippen LogP contribution in [0.15, 0.2) is 24.3 Å². The number of rotatable bonds is 6. The van der Waals surface area contributed by atoms with Gasteiger partial charge in [0.05, 0.1) is 13.2 Å². The molecular weight excluding hydrogens is 314 g/mol. The van der Waals surface area contributed by atoms with Crippen LogP contribution in [0, 0.1) is 5.53 Å². The van der Waals surface area contributed by atoms with Gasteiger partial charge in [-0.25, -0.2) is 4.79 Å². The first-order valence-corrected chi connectivity index (χ1v) is 8.93. The molecule has 3 rings (SSSR count). The molecule has 1 unspecified atom stereocenters. The van der Waals surface area contributed by atoms with Gasteiger partial charge in [0, 0.05) is 19.6 Å². The van der Waals surface area contributed by atoms with Gasteiger partial charge in [-0.05, 0) is 28.8 Å². The number of thioether (sulfide) groups is 1. The monoisotopic (exact) mass is 336 g/mol. The molecule has 1 aromatic rings. The molecule has 23 heavy (non-hydrogen) atoms. The molecule has 7 heteroatoms. The first kappa shape index (κ1) is 16.4. The lowest BCUT2D eigenvalue weighted by Gasteiger charge is -2.26. The van der Waals surface area contributed by atoms with Crippen molar-refractivity contribution in [3.05, 3.63) is 29.8 Å². The molecule has 1 amide bonds. The Balaban J connectivity index is 1.43. The van der Waals surface area contributed by atoms with Gasteiger partial charge in [0.25, 0.3) is 0 Å². The standard InChI is InChI=1S/C16H22N3O3S/c17-19-12-23-15(16(19)20)11-13-1-3-14(4-2-13)22-10-7-18-5-8-21-9-6-18/h1-4,15,17H,5-12H2/q+1. The number of ether oxygens (including phenoxy) is 2. The summed E-state index contributed by atoms with van der Waals surface area (Å²) in [7, 11) is 0. The van der Waals surface area contributed by atoms with E-state index in [-0.39, 0.29) is 11.2 Å². The highest BCUT2D eigenvalue weighted by Crippen LogP contribution is 2.25. The van der Waals surface area contributed by atoms with Crippen LogP contribution in [-0.2, 0) is 16.0 Å². The van der Waals surface area contributed by atoms with Crippen molar-refractivity contribution in [1.29, 1.82) is 5.53 Å². The van der Waals surface area contributed by atoms with Gasteiger partial charge in [-0.3, -0.25) is 4.90 Å². The average molecular weight is 336 g/mol. The van der Waals surface area contributed by atoms with E-state index in [2.05, 4.69) is 4.90 Å². The molecule has 0 bridgehead atoms. The first-order chi connectivity index (χ1) is 11.2. The van der Waals surface area contributed by atoms with Crippen LogP contribution < -0.4 is 4.74 Å². The molecule has 124 valence electrons. The lowest BCUT2D eigenvalue weighted by atomic mass is 10.1. The van der Waals surface area contributed by atoms with Gasteiger partial charge in [-0.15, -0.1) is 0 Å². The zero-order chi connectivity index (χ0) is 16.1. The number of amides is 1. The topological polar surface area (TPSA) is 65.6 Å². The molecule has 1 aromatic carbocycles. The Morgan fingerprint density at radius 3 is 2.70 bits per heavy atom. The summed E-state index contributed by atoms with van der Waals surface area (Å²) in [4.78, 5) is 14.1. The SMILES string of the molecule is N=[N+]1CSC(Cc2ccc(OCCN3CCOCC3)cc2)C1=O. The average Bonchev–Trinajstić information content (AvgIpc) is 2.89. The second kappa shape index (κ2) is 7.90. The van der Waals surface area contributed by atoms with Crippen molar-refractivity contribution in [2.45, 2.75) is 11.7 Å². The molecule has 2 saturated heterocycles. The second-order valence-electron chi connectivity index (χ2n) is 5.70. The number of hydrogen-bond donors (Lipinski definition) is 1. The van der Waals surface area contributed by atoms with Crippen LogP contribution in [0.3, 0.4) is 0 Å². The van der Waals surface area contributed by atoms with E-state index in [1.165, 1.54) is 11.8 Å². The first-order valence-electron chi connectivity index (χ1n) is 7.88. The second-order valence-corrected chi connectivity index (χ2v) is 6.86. The molecule has 2 aliphatic heterocycles. The molecule has 0 spiro atoms. The van der Waals surface area contributed by atoms with Gasteiger partial charge >= 0.3 is 5.91 Å². The predicted molar refractivity (Wildman–Crippen MR) is 87.1 cm³/mol. The number of nitrogens with one attached hydrogen (secondary N) is 1. The third kappa shape index (κ3) is 4.53. The minimum Gasteiger partial charge on any atom is -0.492 e. The van der Waals surface area contributed by atoms with Crippen molar-refractivity contribution in [2.24, 2.45) is 0 Å². The molecule has 1 N–H and O–H groups in total. The summed E-state index contributed by atoms with van der Waals surface area (Å²) < 4.78 is 12.1. The van der Waals surface area contributed by atoms with E-state index >= 15 is 0 Å². The fraction of sp³-hybridized carbons (Fsp3) is 0.562. The van der Waals surface area contributed by atoms with E-state index in [1.807, 2.05) is 24.3 Å².